The molecule has 0 saturated carbocycles. The van der Waals surface area contributed by atoms with E-state index in [1.807, 2.05) is 43.4 Å². The van der Waals surface area contributed by atoms with Gasteiger partial charge in [-0.2, -0.15) is 0 Å². The van der Waals surface area contributed by atoms with E-state index < -0.39 is 6.10 Å². The average molecular weight is 272 g/mol. The lowest BCUT2D eigenvalue weighted by Crippen LogP contribution is -2.24. The molecule has 0 fully saturated rings. The summed E-state index contributed by atoms with van der Waals surface area (Å²) in [5, 5.41) is 10.3. The van der Waals surface area contributed by atoms with Gasteiger partial charge in [0.05, 0.1) is 13.2 Å². The fourth-order valence-corrected chi connectivity index (χ4v) is 2.20. The van der Waals surface area contributed by atoms with Crippen molar-refractivity contribution >= 4 is 0 Å². The number of para-hydroxylation sites is 1. The van der Waals surface area contributed by atoms with Crippen LogP contribution in [0.15, 0.2) is 48.8 Å². The standard InChI is InChI=1S/C16H20N2O2/c1-18(11-13-7-9-17-10-8-13)12-15(19)14-5-3-4-6-16(14)20-2/h3-10,15,19H,11-12H2,1-2H3. The summed E-state index contributed by atoms with van der Waals surface area (Å²) in [7, 11) is 3.60. The minimum absolute atomic E-state index is 0.544. The Kier molecular flexibility index (Phi) is 5.09. The van der Waals surface area contributed by atoms with Gasteiger partial charge in [-0.05, 0) is 30.8 Å². The first-order valence-electron chi connectivity index (χ1n) is 6.59. The van der Waals surface area contributed by atoms with E-state index in [4.69, 9.17) is 4.74 Å². The molecule has 1 unspecified atom stereocenters. The van der Waals surface area contributed by atoms with Gasteiger partial charge >= 0.3 is 0 Å². The van der Waals surface area contributed by atoms with E-state index in [-0.39, 0.29) is 0 Å². The highest BCUT2D eigenvalue weighted by Crippen LogP contribution is 2.25. The van der Waals surface area contributed by atoms with Crippen LogP contribution >= 0.6 is 0 Å². The average Bonchev–Trinajstić information content (AvgIpc) is 2.48. The van der Waals surface area contributed by atoms with Crippen LogP contribution in [-0.4, -0.2) is 35.7 Å². The number of methoxy groups -OCH3 is 1. The molecule has 1 atom stereocenters. The van der Waals surface area contributed by atoms with E-state index in [1.54, 1.807) is 19.5 Å². The number of nitrogens with zero attached hydrogens (tertiary/aromatic N) is 2. The molecule has 1 N–H and O–H groups in total. The van der Waals surface area contributed by atoms with Crippen molar-refractivity contribution in [3.63, 3.8) is 0 Å². The molecule has 0 aliphatic heterocycles. The predicted molar refractivity (Wildman–Crippen MR) is 78.5 cm³/mol. The maximum Gasteiger partial charge on any atom is 0.124 e. The molecule has 1 aromatic carbocycles. The molecule has 0 aliphatic carbocycles. The Morgan fingerprint density at radius 3 is 2.60 bits per heavy atom. The largest absolute Gasteiger partial charge is 0.496 e. The summed E-state index contributed by atoms with van der Waals surface area (Å²) in [6.07, 6.45) is 2.98. The Morgan fingerprint density at radius 1 is 1.20 bits per heavy atom. The zero-order valence-corrected chi connectivity index (χ0v) is 11.9. The van der Waals surface area contributed by atoms with Gasteiger partial charge in [-0.1, -0.05) is 18.2 Å². The van der Waals surface area contributed by atoms with Crippen LogP contribution in [0.2, 0.25) is 0 Å². The van der Waals surface area contributed by atoms with Crippen LogP contribution < -0.4 is 4.74 Å². The molecule has 4 heteroatoms. The van der Waals surface area contributed by atoms with Gasteiger partial charge in [0.1, 0.15) is 5.75 Å². The van der Waals surface area contributed by atoms with Gasteiger partial charge in [-0.15, -0.1) is 0 Å². The third kappa shape index (κ3) is 3.79. The van der Waals surface area contributed by atoms with Crippen molar-refractivity contribution in [2.75, 3.05) is 20.7 Å². The van der Waals surface area contributed by atoms with E-state index in [0.29, 0.717) is 6.54 Å². The monoisotopic (exact) mass is 272 g/mol. The first-order valence-corrected chi connectivity index (χ1v) is 6.59. The maximum absolute atomic E-state index is 10.3. The van der Waals surface area contributed by atoms with E-state index in [2.05, 4.69) is 9.88 Å². The minimum Gasteiger partial charge on any atom is -0.496 e. The zero-order chi connectivity index (χ0) is 14.4. The van der Waals surface area contributed by atoms with Crippen LogP contribution in [0, 0.1) is 0 Å². The van der Waals surface area contributed by atoms with Gasteiger partial charge in [-0.3, -0.25) is 9.88 Å². The molecule has 0 saturated heterocycles. The van der Waals surface area contributed by atoms with Gasteiger partial charge in [0.15, 0.2) is 0 Å². The van der Waals surface area contributed by atoms with Crippen LogP contribution in [-0.2, 0) is 6.54 Å². The van der Waals surface area contributed by atoms with Crippen LogP contribution in [0.4, 0.5) is 0 Å². The van der Waals surface area contributed by atoms with Gasteiger partial charge < -0.3 is 9.84 Å². The summed E-state index contributed by atoms with van der Waals surface area (Å²) in [5.74, 6) is 0.720. The lowest BCUT2D eigenvalue weighted by Gasteiger charge is -2.22. The van der Waals surface area contributed by atoms with Crippen LogP contribution in [0.1, 0.15) is 17.2 Å². The van der Waals surface area contributed by atoms with E-state index in [0.717, 1.165) is 17.9 Å². The topological polar surface area (TPSA) is 45.6 Å². The number of benzene rings is 1. The fourth-order valence-electron chi connectivity index (χ4n) is 2.20. The van der Waals surface area contributed by atoms with Crippen molar-refractivity contribution in [3.8, 4) is 5.75 Å². The maximum atomic E-state index is 10.3. The number of rotatable bonds is 6. The van der Waals surface area contributed by atoms with Gasteiger partial charge in [0.2, 0.25) is 0 Å². The van der Waals surface area contributed by atoms with Crippen LogP contribution in [0.25, 0.3) is 0 Å². The first-order chi connectivity index (χ1) is 9.70. The molecule has 1 aromatic heterocycles. The Bertz CT molecular complexity index is 531. The highest BCUT2D eigenvalue weighted by atomic mass is 16.5. The number of aromatic nitrogens is 1. The molecule has 4 nitrogen and oxygen atoms in total. The first kappa shape index (κ1) is 14.5. The van der Waals surface area contributed by atoms with Crippen molar-refractivity contribution in [2.24, 2.45) is 0 Å². The number of likely N-dealkylation sites (N-methyl/N-ethyl adjacent to an activating group) is 1. The molecule has 20 heavy (non-hydrogen) atoms. The summed E-state index contributed by atoms with van der Waals surface area (Å²) in [4.78, 5) is 6.08. The SMILES string of the molecule is COc1ccccc1C(O)CN(C)Cc1ccncc1. The number of aliphatic hydroxyl groups excluding tert-OH is 1. The number of hydrogen-bond acceptors (Lipinski definition) is 4. The van der Waals surface area contributed by atoms with E-state index >= 15 is 0 Å². The predicted octanol–water partition coefficient (Wildman–Crippen LogP) is 2.26. The van der Waals surface area contributed by atoms with Gasteiger partial charge in [0, 0.05) is 31.0 Å². The molecule has 1 heterocycles. The second-order valence-corrected chi connectivity index (χ2v) is 4.81. The highest BCUT2D eigenvalue weighted by molar-refractivity contribution is 5.35. The lowest BCUT2D eigenvalue weighted by atomic mass is 10.1. The fraction of sp³-hybridized carbons (Fsp3) is 0.312. The van der Waals surface area contributed by atoms with E-state index in [1.165, 1.54) is 5.56 Å². The molecule has 0 bridgehead atoms. The molecular weight excluding hydrogens is 252 g/mol. The second-order valence-electron chi connectivity index (χ2n) is 4.81. The van der Waals surface area contributed by atoms with Crippen molar-refractivity contribution in [1.29, 1.82) is 0 Å². The second kappa shape index (κ2) is 7.03. The van der Waals surface area contributed by atoms with Crippen molar-refractivity contribution in [1.82, 2.24) is 9.88 Å². The third-order valence-corrected chi connectivity index (χ3v) is 3.18. The van der Waals surface area contributed by atoms with Crippen LogP contribution in [0.3, 0.4) is 0 Å². The Labute approximate surface area is 119 Å². The lowest BCUT2D eigenvalue weighted by molar-refractivity contribution is 0.121. The Hall–Kier alpha value is -1.91. The zero-order valence-electron chi connectivity index (χ0n) is 11.9. The molecule has 2 aromatic rings. The number of aliphatic hydroxyl groups is 1. The quantitative estimate of drug-likeness (QED) is 0.876. The van der Waals surface area contributed by atoms with E-state index in [9.17, 15) is 5.11 Å². The summed E-state index contributed by atoms with van der Waals surface area (Å²) in [5.41, 5.74) is 1.99. The van der Waals surface area contributed by atoms with Gasteiger partial charge in [-0.25, -0.2) is 0 Å². The third-order valence-electron chi connectivity index (χ3n) is 3.18. The molecule has 0 spiro atoms. The molecule has 0 amide bonds. The smallest absolute Gasteiger partial charge is 0.124 e. The normalized spacial score (nSPS) is 12.4. The highest BCUT2D eigenvalue weighted by Gasteiger charge is 2.14. The Balaban J connectivity index is 1.98. The molecule has 0 aliphatic rings. The van der Waals surface area contributed by atoms with Crippen LogP contribution in [0.5, 0.6) is 5.75 Å². The summed E-state index contributed by atoms with van der Waals surface area (Å²) < 4.78 is 5.28. The summed E-state index contributed by atoms with van der Waals surface area (Å²) >= 11 is 0. The molecule has 0 radical (unpaired) electrons. The summed E-state index contributed by atoms with van der Waals surface area (Å²) in [6, 6.07) is 11.5. The van der Waals surface area contributed by atoms with Crippen molar-refractivity contribution in [2.45, 2.75) is 12.6 Å². The molecule has 2 rings (SSSR count). The molecule has 106 valence electrons. The Morgan fingerprint density at radius 2 is 1.90 bits per heavy atom. The molecular formula is C16H20N2O2. The number of hydrogen-bond donors (Lipinski definition) is 1. The number of pyridine rings is 1. The minimum atomic E-state index is -0.571. The van der Waals surface area contributed by atoms with Crippen molar-refractivity contribution < 1.29 is 9.84 Å². The summed E-state index contributed by atoms with van der Waals surface area (Å²) in [6.45, 7) is 1.32. The number of ether oxygens (including phenoxy) is 1. The van der Waals surface area contributed by atoms with Gasteiger partial charge in [0.25, 0.3) is 0 Å². The van der Waals surface area contributed by atoms with Crippen molar-refractivity contribution in [3.05, 3.63) is 59.9 Å².